The topological polar surface area (TPSA) is 121 Å². The molecule has 1 rings (SSSR count). The number of non-ortho nitro benzene ring substituents is 1. The Labute approximate surface area is 121 Å². The van der Waals surface area contributed by atoms with Crippen LogP contribution in [0.3, 0.4) is 0 Å². The van der Waals surface area contributed by atoms with Crippen LogP contribution >= 0.6 is 11.6 Å². The molecule has 0 spiro atoms. The minimum Gasteiger partial charge on any atom is -0.492 e. The number of ether oxygens (including phenoxy) is 1. The van der Waals surface area contributed by atoms with Gasteiger partial charge in [0.15, 0.2) is 0 Å². The van der Waals surface area contributed by atoms with Crippen molar-refractivity contribution in [1.82, 2.24) is 0 Å². The molecular weight excluding hydrogens is 286 g/mol. The van der Waals surface area contributed by atoms with Gasteiger partial charge in [-0.1, -0.05) is 11.6 Å². The van der Waals surface area contributed by atoms with Crippen LogP contribution in [-0.4, -0.2) is 23.0 Å². The highest BCUT2D eigenvalue weighted by molar-refractivity contribution is 6.32. The number of nitro groups is 1. The Bertz CT molecular complexity index is 519. The zero-order valence-corrected chi connectivity index (χ0v) is 11.7. The Kier molecular flexibility index (Phi) is 5.29. The maximum Gasteiger partial charge on any atom is 0.273 e. The SMILES string of the molecule is CC(N)(CCCOc1cc([N+](=O)[O-])ccc1Cl)C(N)=O. The van der Waals surface area contributed by atoms with Gasteiger partial charge in [0.1, 0.15) is 5.75 Å². The lowest BCUT2D eigenvalue weighted by atomic mass is 9.97. The summed E-state index contributed by atoms with van der Waals surface area (Å²) >= 11 is 5.87. The first kappa shape index (κ1) is 16.2. The van der Waals surface area contributed by atoms with E-state index in [0.29, 0.717) is 12.8 Å². The van der Waals surface area contributed by atoms with Gasteiger partial charge in [-0.05, 0) is 25.8 Å². The van der Waals surface area contributed by atoms with Crippen molar-refractivity contribution in [3.8, 4) is 5.75 Å². The van der Waals surface area contributed by atoms with Crippen molar-refractivity contribution in [3.63, 3.8) is 0 Å². The van der Waals surface area contributed by atoms with Crippen molar-refractivity contribution in [3.05, 3.63) is 33.3 Å². The van der Waals surface area contributed by atoms with Crippen molar-refractivity contribution >= 4 is 23.2 Å². The first-order valence-corrected chi connectivity index (χ1v) is 6.27. The molecule has 0 saturated heterocycles. The number of rotatable bonds is 7. The third-order valence-electron chi connectivity index (χ3n) is 2.79. The average molecular weight is 302 g/mol. The van der Waals surface area contributed by atoms with Crippen molar-refractivity contribution in [2.75, 3.05) is 6.61 Å². The van der Waals surface area contributed by atoms with Gasteiger partial charge < -0.3 is 16.2 Å². The van der Waals surface area contributed by atoms with E-state index in [1.165, 1.54) is 25.1 Å². The van der Waals surface area contributed by atoms with E-state index in [2.05, 4.69) is 0 Å². The summed E-state index contributed by atoms with van der Waals surface area (Å²) in [6.07, 6.45) is 0.809. The molecule has 1 aromatic rings. The standard InChI is InChI=1S/C12H16ClN3O4/c1-12(15,11(14)17)5-2-6-20-10-7-8(16(18)19)3-4-9(10)13/h3-4,7H,2,5-6,15H2,1H3,(H2,14,17). The predicted molar refractivity (Wildman–Crippen MR) is 74.6 cm³/mol. The number of carbonyl (C=O) groups is 1. The summed E-state index contributed by atoms with van der Waals surface area (Å²) in [6, 6.07) is 3.93. The Morgan fingerprint density at radius 2 is 2.20 bits per heavy atom. The summed E-state index contributed by atoms with van der Waals surface area (Å²) in [5.74, 6) is -0.371. The molecule has 0 aliphatic rings. The highest BCUT2D eigenvalue weighted by Crippen LogP contribution is 2.29. The van der Waals surface area contributed by atoms with Crippen LogP contribution in [0.15, 0.2) is 18.2 Å². The summed E-state index contributed by atoms with van der Waals surface area (Å²) in [6.45, 7) is 1.76. The molecule has 1 unspecified atom stereocenters. The van der Waals surface area contributed by atoms with Crippen LogP contribution in [0.1, 0.15) is 19.8 Å². The number of nitro benzene ring substituents is 1. The Morgan fingerprint density at radius 1 is 1.55 bits per heavy atom. The average Bonchev–Trinajstić information content (AvgIpc) is 2.36. The number of primary amides is 1. The van der Waals surface area contributed by atoms with Crippen LogP contribution in [-0.2, 0) is 4.79 Å². The third kappa shape index (κ3) is 4.36. The molecule has 0 bridgehead atoms. The minimum absolute atomic E-state index is 0.106. The van der Waals surface area contributed by atoms with Gasteiger partial charge in [0.05, 0.1) is 28.2 Å². The molecule has 1 atom stereocenters. The minimum atomic E-state index is -1.10. The maximum atomic E-state index is 11.0. The summed E-state index contributed by atoms with van der Waals surface area (Å²) < 4.78 is 5.36. The van der Waals surface area contributed by atoms with Gasteiger partial charge in [-0.2, -0.15) is 0 Å². The molecule has 0 fully saturated rings. The third-order valence-corrected chi connectivity index (χ3v) is 3.10. The Balaban J connectivity index is 2.56. The molecule has 1 amide bonds. The van der Waals surface area contributed by atoms with Crippen molar-refractivity contribution in [2.45, 2.75) is 25.3 Å². The highest BCUT2D eigenvalue weighted by Gasteiger charge is 2.24. The molecule has 1 aromatic carbocycles. The van der Waals surface area contributed by atoms with Crippen molar-refractivity contribution in [1.29, 1.82) is 0 Å². The fourth-order valence-electron chi connectivity index (χ4n) is 1.46. The number of carbonyl (C=O) groups excluding carboxylic acids is 1. The van der Waals surface area contributed by atoms with E-state index < -0.39 is 16.4 Å². The molecule has 0 saturated carbocycles. The van der Waals surface area contributed by atoms with Crippen LogP contribution in [0, 0.1) is 10.1 Å². The van der Waals surface area contributed by atoms with E-state index in [4.69, 9.17) is 27.8 Å². The van der Waals surface area contributed by atoms with Crippen molar-refractivity contribution < 1.29 is 14.5 Å². The Morgan fingerprint density at radius 3 is 2.75 bits per heavy atom. The number of amides is 1. The fourth-order valence-corrected chi connectivity index (χ4v) is 1.63. The first-order valence-electron chi connectivity index (χ1n) is 5.89. The predicted octanol–water partition coefficient (Wildman–Crippen LogP) is 1.61. The molecule has 20 heavy (non-hydrogen) atoms. The van der Waals surface area contributed by atoms with Crippen LogP contribution in [0.25, 0.3) is 0 Å². The number of nitrogens with zero attached hydrogens (tertiary/aromatic N) is 1. The zero-order valence-electron chi connectivity index (χ0n) is 11.0. The number of hydrogen-bond donors (Lipinski definition) is 2. The summed E-state index contributed by atoms with van der Waals surface area (Å²) in [5.41, 5.74) is 9.62. The second kappa shape index (κ2) is 6.53. The second-order valence-electron chi connectivity index (χ2n) is 4.61. The van der Waals surface area contributed by atoms with Crippen LogP contribution < -0.4 is 16.2 Å². The molecule has 7 nitrogen and oxygen atoms in total. The lowest BCUT2D eigenvalue weighted by Crippen LogP contribution is -2.49. The van der Waals surface area contributed by atoms with E-state index in [-0.39, 0.29) is 23.1 Å². The number of hydrogen-bond acceptors (Lipinski definition) is 5. The first-order chi connectivity index (χ1) is 9.24. The van der Waals surface area contributed by atoms with Crippen LogP contribution in [0.5, 0.6) is 5.75 Å². The van der Waals surface area contributed by atoms with Gasteiger partial charge in [-0.15, -0.1) is 0 Å². The van der Waals surface area contributed by atoms with Gasteiger partial charge in [-0.3, -0.25) is 14.9 Å². The number of halogens is 1. The molecular formula is C12H16ClN3O4. The van der Waals surface area contributed by atoms with Crippen molar-refractivity contribution in [2.24, 2.45) is 11.5 Å². The van der Waals surface area contributed by atoms with Gasteiger partial charge >= 0.3 is 0 Å². The van der Waals surface area contributed by atoms with Gasteiger partial charge in [-0.25, -0.2) is 0 Å². The van der Waals surface area contributed by atoms with Gasteiger partial charge in [0.2, 0.25) is 5.91 Å². The van der Waals surface area contributed by atoms with E-state index in [0.717, 1.165) is 0 Å². The molecule has 0 heterocycles. The molecule has 8 heteroatoms. The van der Waals surface area contributed by atoms with E-state index in [1.807, 2.05) is 0 Å². The summed E-state index contributed by atoms with van der Waals surface area (Å²) in [7, 11) is 0. The molecule has 0 aliphatic heterocycles. The molecule has 0 aliphatic carbocycles. The lowest BCUT2D eigenvalue weighted by Gasteiger charge is -2.20. The normalized spacial score (nSPS) is 13.6. The number of nitrogens with two attached hydrogens (primary N) is 2. The summed E-state index contributed by atoms with van der Waals surface area (Å²) in [5, 5.41) is 10.9. The second-order valence-corrected chi connectivity index (χ2v) is 5.01. The fraction of sp³-hybridized carbons (Fsp3) is 0.417. The number of benzene rings is 1. The molecule has 110 valence electrons. The smallest absolute Gasteiger partial charge is 0.273 e. The molecule has 0 aromatic heterocycles. The van der Waals surface area contributed by atoms with E-state index >= 15 is 0 Å². The van der Waals surface area contributed by atoms with Crippen LogP contribution in [0.4, 0.5) is 5.69 Å². The van der Waals surface area contributed by atoms with Gasteiger partial charge in [0, 0.05) is 6.07 Å². The van der Waals surface area contributed by atoms with Gasteiger partial charge in [0.25, 0.3) is 5.69 Å². The van der Waals surface area contributed by atoms with Crippen LogP contribution in [0.2, 0.25) is 5.02 Å². The van der Waals surface area contributed by atoms with E-state index in [9.17, 15) is 14.9 Å². The molecule has 4 N–H and O–H groups in total. The zero-order chi connectivity index (χ0) is 15.3. The summed E-state index contributed by atoms with van der Waals surface area (Å²) in [4.78, 5) is 21.1. The lowest BCUT2D eigenvalue weighted by molar-refractivity contribution is -0.384. The molecule has 0 radical (unpaired) electrons. The highest BCUT2D eigenvalue weighted by atomic mass is 35.5. The largest absolute Gasteiger partial charge is 0.492 e. The maximum absolute atomic E-state index is 11.0. The monoisotopic (exact) mass is 301 g/mol. The Hall–Kier alpha value is -1.86. The van der Waals surface area contributed by atoms with E-state index in [1.54, 1.807) is 0 Å². The quantitative estimate of drug-likeness (QED) is 0.450.